The molecule has 8 heteroatoms. The van der Waals surface area contributed by atoms with Gasteiger partial charge in [-0.15, -0.1) is 0 Å². The highest BCUT2D eigenvalue weighted by molar-refractivity contribution is 7.89. The third-order valence-corrected chi connectivity index (χ3v) is 6.14. The van der Waals surface area contributed by atoms with Crippen molar-refractivity contribution < 1.29 is 13.3 Å². The first-order chi connectivity index (χ1) is 11.6. The molecule has 0 N–H and O–H groups in total. The Bertz CT molecular complexity index is 685. The summed E-state index contributed by atoms with van der Waals surface area (Å²) in [6, 6.07) is 3.90. The molecule has 0 saturated carbocycles. The highest BCUT2D eigenvalue weighted by Gasteiger charge is 2.27. The van der Waals surface area contributed by atoms with Crippen molar-refractivity contribution in [2.24, 2.45) is 5.92 Å². The monoisotopic (exact) mass is 371 g/mol. The van der Waals surface area contributed by atoms with Gasteiger partial charge >= 0.3 is 0 Å². The number of rotatable bonds is 10. The minimum Gasteiger partial charge on any atom is -0.303 e. The summed E-state index contributed by atoms with van der Waals surface area (Å²) in [4.78, 5) is 12.7. The van der Waals surface area contributed by atoms with E-state index in [1.54, 1.807) is 6.92 Å². The van der Waals surface area contributed by atoms with E-state index in [4.69, 9.17) is 0 Å². The highest BCUT2D eigenvalue weighted by Crippen LogP contribution is 2.24. The fraction of sp³-hybridized carbons (Fsp3) is 0.647. The van der Waals surface area contributed by atoms with Gasteiger partial charge in [0.15, 0.2) is 0 Å². The Labute approximate surface area is 150 Å². The van der Waals surface area contributed by atoms with Gasteiger partial charge in [-0.1, -0.05) is 27.7 Å². The molecule has 0 aliphatic carbocycles. The third kappa shape index (κ3) is 5.76. The van der Waals surface area contributed by atoms with Gasteiger partial charge in [0.1, 0.15) is 0 Å². The summed E-state index contributed by atoms with van der Waals surface area (Å²) in [5.41, 5.74) is 0.292. The van der Waals surface area contributed by atoms with Crippen LogP contribution in [0.2, 0.25) is 0 Å². The van der Waals surface area contributed by atoms with Crippen LogP contribution in [0, 0.1) is 23.0 Å². The Morgan fingerprint density at radius 2 is 1.76 bits per heavy atom. The van der Waals surface area contributed by atoms with Crippen LogP contribution in [0.3, 0.4) is 0 Å². The van der Waals surface area contributed by atoms with Crippen molar-refractivity contribution in [2.75, 3.05) is 32.7 Å². The van der Waals surface area contributed by atoms with Crippen LogP contribution in [0.25, 0.3) is 0 Å². The Kier molecular flexibility index (Phi) is 7.98. The Morgan fingerprint density at radius 3 is 2.20 bits per heavy atom. The van der Waals surface area contributed by atoms with Crippen LogP contribution in [0.5, 0.6) is 0 Å². The lowest BCUT2D eigenvalue weighted by molar-refractivity contribution is -0.385. The van der Waals surface area contributed by atoms with E-state index in [1.165, 1.54) is 22.5 Å². The second kappa shape index (κ2) is 9.26. The molecule has 1 aromatic rings. The molecular weight excluding hydrogens is 342 g/mol. The van der Waals surface area contributed by atoms with Crippen molar-refractivity contribution in [1.29, 1.82) is 0 Å². The van der Waals surface area contributed by atoms with E-state index in [1.807, 2.05) is 27.7 Å². The van der Waals surface area contributed by atoms with Crippen molar-refractivity contribution >= 4 is 15.7 Å². The van der Waals surface area contributed by atoms with Crippen LogP contribution < -0.4 is 0 Å². The zero-order chi connectivity index (χ0) is 19.2. The molecule has 0 atom stereocenters. The molecule has 0 fully saturated rings. The quantitative estimate of drug-likeness (QED) is 0.466. The van der Waals surface area contributed by atoms with Crippen LogP contribution in [-0.2, 0) is 10.0 Å². The van der Waals surface area contributed by atoms with Gasteiger partial charge in [0.05, 0.1) is 9.82 Å². The first kappa shape index (κ1) is 21.5. The van der Waals surface area contributed by atoms with Gasteiger partial charge in [0, 0.05) is 31.8 Å². The normalized spacial score (nSPS) is 12.3. The lowest BCUT2D eigenvalue weighted by Crippen LogP contribution is -2.40. The van der Waals surface area contributed by atoms with E-state index in [2.05, 4.69) is 4.90 Å². The second-order valence-electron chi connectivity index (χ2n) is 6.49. The minimum atomic E-state index is -3.70. The fourth-order valence-corrected chi connectivity index (χ4v) is 4.49. The molecule has 0 radical (unpaired) electrons. The largest absolute Gasteiger partial charge is 0.303 e. The molecule has 7 nitrogen and oxygen atoms in total. The average molecular weight is 372 g/mol. The summed E-state index contributed by atoms with van der Waals surface area (Å²) >= 11 is 0. The molecule has 0 heterocycles. The zero-order valence-electron chi connectivity index (χ0n) is 15.7. The first-order valence-electron chi connectivity index (χ1n) is 8.61. The number of non-ortho nitro benzene ring substituents is 1. The maximum absolute atomic E-state index is 13.1. The number of nitro groups is 1. The van der Waals surface area contributed by atoms with Crippen LogP contribution in [0.4, 0.5) is 5.69 Å². The van der Waals surface area contributed by atoms with Crippen molar-refractivity contribution in [3.05, 3.63) is 33.9 Å². The molecule has 0 aliphatic heterocycles. The molecule has 1 rings (SSSR count). The van der Waals surface area contributed by atoms with E-state index in [0.29, 0.717) is 25.2 Å². The molecule has 142 valence electrons. The van der Waals surface area contributed by atoms with E-state index >= 15 is 0 Å². The molecule has 0 unspecified atom stereocenters. The predicted octanol–water partition coefficient (Wildman–Crippen LogP) is 2.89. The van der Waals surface area contributed by atoms with Gasteiger partial charge in [-0.2, -0.15) is 4.31 Å². The summed E-state index contributed by atoms with van der Waals surface area (Å²) < 4.78 is 27.7. The average Bonchev–Trinajstić information content (AvgIpc) is 2.53. The van der Waals surface area contributed by atoms with Crippen LogP contribution in [0.1, 0.15) is 33.3 Å². The van der Waals surface area contributed by atoms with Gasteiger partial charge in [-0.25, -0.2) is 8.42 Å². The van der Waals surface area contributed by atoms with Crippen LogP contribution in [-0.4, -0.2) is 55.3 Å². The number of benzene rings is 1. The Balaban J connectivity index is 3.16. The van der Waals surface area contributed by atoms with Gasteiger partial charge in [0.2, 0.25) is 10.0 Å². The minimum absolute atomic E-state index is 0.102. The maximum Gasteiger partial charge on any atom is 0.269 e. The zero-order valence-corrected chi connectivity index (χ0v) is 16.5. The lowest BCUT2D eigenvalue weighted by atomic mass is 10.2. The number of aryl methyl sites for hydroxylation is 1. The van der Waals surface area contributed by atoms with Gasteiger partial charge < -0.3 is 4.90 Å². The second-order valence-corrected chi connectivity index (χ2v) is 8.40. The van der Waals surface area contributed by atoms with E-state index in [0.717, 1.165) is 13.1 Å². The van der Waals surface area contributed by atoms with Crippen molar-refractivity contribution in [1.82, 2.24) is 9.21 Å². The van der Waals surface area contributed by atoms with E-state index in [-0.39, 0.29) is 16.5 Å². The Morgan fingerprint density at radius 1 is 1.16 bits per heavy atom. The summed E-state index contributed by atoms with van der Waals surface area (Å²) in [7, 11) is -3.70. The summed E-state index contributed by atoms with van der Waals surface area (Å²) in [6.45, 7) is 12.8. The third-order valence-electron chi connectivity index (χ3n) is 4.12. The summed E-state index contributed by atoms with van der Waals surface area (Å²) in [5.74, 6) is 0.185. The van der Waals surface area contributed by atoms with Gasteiger partial charge in [-0.05, 0) is 37.6 Å². The smallest absolute Gasteiger partial charge is 0.269 e. The number of nitro benzene ring substituents is 1. The maximum atomic E-state index is 13.1. The van der Waals surface area contributed by atoms with E-state index in [9.17, 15) is 18.5 Å². The van der Waals surface area contributed by atoms with Crippen molar-refractivity contribution in [2.45, 2.75) is 39.5 Å². The molecule has 0 bridgehead atoms. The Hall–Kier alpha value is -1.51. The summed E-state index contributed by atoms with van der Waals surface area (Å²) in [5, 5.41) is 10.9. The molecule has 0 spiro atoms. The molecule has 0 aliphatic rings. The molecule has 0 aromatic heterocycles. The number of hydrogen-bond donors (Lipinski definition) is 0. The number of sulfonamides is 1. The molecule has 0 amide bonds. The van der Waals surface area contributed by atoms with Crippen LogP contribution in [0.15, 0.2) is 23.1 Å². The van der Waals surface area contributed by atoms with Gasteiger partial charge in [0.25, 0.3) is 5.69 Å². The predicted molar refractivity (Wildman–Crippen MR) is 99.2 cm³/mol. The first-order valence-corrected chi connectivity index (χ1v) is 10.0. The molecule has 1 aromatic carbocycles. The lowest BCUT2D eigenvalue weighted by Gasteiger charge is -2.27. The standard InChI is InChI=1S/C17H29N3O4S/c1-6-18(7-2)10-11-19(13-14(3)4)25(23,24)17-9-8-16(20(21)22)12-15(17)5/h8-9,12,14H,6-7,10-11,13H2,1-5H3. The summed E-state index contributed by atoms with van der Waals surface area (Å²) in [6.07, 6.45) is 0. The fourth-order valence-electron chi connectivity index (χ4n) is 2.69. The number of likely N-dealkylation sites (N-methyl/N-ethyl adjacent to an activating group) is 1. The SMILES string of the molecule is CCN(CC)CCN(CC(C)C)S(=O)(=O)c1ccc([N+](=O)[O-])cc1C. The van der Waals surface area contributed by atoms with Crippen LogP contribution >= 0.6 is 0 Å². The van der Waals surface area contributed by atoms with Crippen molar-refractivity contribution in [3.63, 3.8) is 0 Å². The van der Waals surface area contributed by atoms with Gasteiger partial charge in [-0.3, -0.25) is 10.1 Å². The number of hydrogen-bond acceptors (Lipinski definition) is 5. The van der Waals surface area contributed by atoms with Crippen molar-refractivity contribution in [3.8, 4) is 0 Å². The topological polar surface area (TPSA) is 83.8 Å². The highest BCUT2D eigenvalue weighted by atomic mass is 32.2. The number of nitrogens with zero attached hydrogens (tertiary/aromatic N) is 3. The van der Waals surface area contributed by atoms with E-state index < -0.39 is 14.9 Å². The molecular formula is C17H29N3O4S. The molecule has 25 heavy (non-hydrogen) atoms. The molecule has 0 saturated heterocycles.